The maximum absolute atomic E-state index is 11.6. The molecule has 0 aliphatic carbocycles. The predicted octanol–water partition coefficient (Wildman–Crippen LogP) is 1.44. The summed E-state index contributed by atoms with van der Waals surface area (Å²) in [5.74, 6) is -1.05. The molecule has 21 heavy (non-hydrogen) atoms. The fourth-order valence-corrected chi connectivity index (χ4v) is 3.80. The van der Waals surface area contributed by atoms with E-state index < -0.39 is 11.8 Å². The van der Waals surface area contributed by atoms with Crippen LogP contribution in [0.4, 0.5) is 5.82 Å². The monoisotopic (exact) mass is 309 g/mol. The van der Waals surface area contributed by atoms with E-state index in [1.807, 2.05) is 10.3 Å². The lowest BCUT2D eigenvalue weighted by molar-refractivity contribution is -0.161. The normalized spacial score (nSPS) is 21.4. The van der Waals surface area contributed by atoms with Crippen LogP contribution in [0.15, 0.2) is 11.6 Å². The van der Waals surface area contributed by atoms with Crippen molar-refractivity contribution in [1.29, 1.82) is 0 Å². The van der Waals surface area contributed by atoms with Crippen LogP contribution in [0, 0.1) is 0 Å². The first-order valence-corrected chi connectivity index (χ1v) is 7.78. The van der Waals surface area contributed by atoms with Gasteiger partial charge in [0.15, 0.2) is 22.3 Å². The van der Waals surface area contributed by atoms with Gasteiger partial charge in [-0.1, -0.05) is 0 Å². The van der Waals surface area contributed by atoms with Gasteiger partial charge in [-0.05, 0) is 6.42 Å². The molecule has 112 valence electrons. The molecule has 0 radical (unpaired) electrons. The first-order chi connectivity index (χ1) is 10.2. The standard InChI is InChI=1S/C13H15N3O4S/c17-11(18)9-10(14-12-16(9)4-7-21-12)15-3-1-2-13(8-15)19-5-6-20-13/h4,7H,1-3,5-6,8H2,(H,17,18). The summed E-state index contributed by atoms with van der Waals surface area (Å²) in [6, 6.07) is 0. The third kappa shape index (κ3) is 2.02. The zero-order valence-electron chi connectivity index (χ0n) is 11.3. The van der Waals surface area contributed by atoms with Crippen LogP contribution in [0.25, 0.3) is 4.96 Å². The van der Waals surface area contributed by atoms with E-state index in [0.29, 0.717) is 30.5 Å². The van der Waals surface area contributed by atoms with Gasteiger partial charge in [-0.3, -0.25) is 4.40 Å². The number of rotatable bonds is 2. The summed E-state index contributed by atoms with van der Waals surface area (Å²) in [7, 11) is 0. The Kier molecular flexibility index (Phi) is 2.91. The van der Waals surface area contributed by atoms with Gasteiger partial charge in [0.25, 0.3) is 0 Å². The van der Waals surface area contributed by atoms with Crippen molar-refractivity contribution >= 4 is 28.1 Å². The molecule has 4 rings (SSSR count). The van der Waals surface area contributed by atoms with Crippen LogP contribution in [0.5, 0.6) is 0 Å². The van der Waals surface area contributed by atoms with Gasteiger partial charge in [-0.15, -0.1) is 11.3 Å². The third-order valence-corrected chi connectivity index (χ3v) is 4.73. The Morgan fingerprint density at radius 2 is 2.24 bits per heavy atom. The maximum atomic E-state index is 11.6. The lowest BCUT2D eigenvalue weighted by atomic mass is 10.0. The lowest BCUT2D eigenvalue weighted by Crippen LogP contribution is -2.49. The molecule has 2 aliphatic rings. The summed E-state index contributed by atoms with van der Waals surface area (Å²) in [5.41, 5.74) is 0.210. The molecule has 2 aliphatic heterocycles. The van der Waals surface area contributed by atoms with E-state index >= 15 is 0 Å². The molecule has 7 nitrogen and oxygen atoms in total. The molecule has 0 bridgehead atoms. The molecule has 1 spiro atoms. The molecule has 2 aromatic rings. The summed E-state index contributed by atoms with van der Waals surface area (Å²) in [4.78, 5) is 18.8. The van der Waals surface area contributed by atoms with Crippen molar-refractivity contribution in [2.24, 2.45) is 0 Å². The minimum Gasteiger partial charge on any atom is -0.476 e. The zero-order valence-corrected chi connectivity index (χ0v) is 12.1. The van der Waals surface area contributed by atoms with Gasteiger partial charge >= 0.3 is 5.97 Å². The first-order valence-electron chi connectivity index (χ1n) is 6.90. The van der Waals surface area contributed by atoms with E-state index in [-0.39, 0.29) is 5.69 Å². The first kappa shape index (κ1) is 13.1. The van der Waals surface area contributed by atoms with Crippen molar-refractivity contribution in [2.75, 3.05) is 31.2 Å². The highest BCUT2D eigenvalue weighted by atomic mass is 32.1. The smallest absolute Gasteiger partial charge is 0.356 e. The van der Waals surface area contributed by atoms with Crippen molar-refractivity contribution in [3.8, 4) is 0 Å². The molecular weight excluding hydrogens is 294 g/mol. The van der Waals surface area contributed by atoms with E-state index in [1.54, 1.807) is 10.6 Å². The number of carboxylic acid groups (broad SMARTS) is 1. The Bertz CT molecular complexity index is 689. The van der Waals surface area contributed by atoms with Gasteiger partial charge < -0.3 is 19.5 Å². The number of nitrogens with zero attached hydrogens (tertiary/aromatic N) is 3. The van der Waals surface area contributed by atoms with Crippen LogP contribution in [-0.2, 0) is 9.47 Å². The van der Waals surface area contributed by atoms with Crippen LogP contribution in [0.3, 0.4) is 0 Å². The number of carboxylic acids is 1. The van der Waals surface area contributed by atoms with Gasteiger partial charge in [0.2, 0.25) is 0 Å². The fraction of sp³-hybridized carbons (Fsp3) is 0.538. The van der Waals surface area contributed by atoms with Gasteiger partial charge in [0.1, 0.15) is 0 Å². The van der Waals surface area contributed by atoms with Crippen LogP contribution in [0.2, 0.25) is 0 Å². The number of aromatic carboxylic acids is 1. The number of aromatic nitrogens is 2. The Balaban J connectivity index is 1.73. The topological polar surface area (TPSA) is 76.3 Å². The van der Waals surface area contributed by atoms with E-state index in [2.05, 4.69) is 4.98 Å². The summed E-state index contributed by atoms with van der Waals surface area (Å²) in [6.45, 7) is 2.48. The molecule has 0 amide bonds. The quantitative estimate of drug-likeness (QED) is 0.904. The van der Waals surface area contributed by atoms with E-state index in [9.17, 15) is 9.90 Å². The van der Waals surface area contributed by atoms with Crippen LogP contribution >= 0.6 is 11.3 Å². The van der Waals surface area contributed by atoms with Crippen molar-refractivity contribution in [3.63, 3.8) is 0 Å². The van der Waals surface area contributed by atoms with E-state index in [1.165, 1.54) is 11.3 Å². The SMILES string of the molecule is O=C(O)c1c(N2CCCC3(C2)OCCO3)nc2sccn12. The summed E-state index contributed by atoms with van der Waals surface area (Å²) in [5, 5.41) is 11.3. The highest BCUT2D eigenvalue weighted by Gasteiger charge is 2.42. The average molecular weight is 309 g/mol. The molecular formula is C13H15N3O4S. The second-order valence-corrected chi connectivity index (χ2v) is 6.15. The molecule has 2 fully saturated rings. The molecule has 0 atom stereocenters. The molecule has 2 saturated heterocycles. The van der Waals surface area contributed by atoms with E-state index in [4.69, 9.17) is 9.47 Å². The lowest BCUT2D eigenvalue weighted by Gasteiger charge is -2.38. The fourth-order valence-electron chi connectivity index (χ4n) is 3.10. The van der Waals surface area contributed by atoms with Crippen LogP contribution < -0.4 is 4.90 Å². The van der Waals surface area contributed by atoms with Gasteiger partial charge in [-0.25, -0.2) is 9.78 Å². The number of ether oxygens (including phenoxy) is 2. The van der Waals surface area contributed by atoms with Crippen molar-refractivity contribution in [1.82, 2.24) is 9.38 Å². The number of hydrogen-bond donors (Lipinski definition) is 1. The Labute approximate surface area is 124 Å². The molecule has 0 aromatic carbocycles. The van der Waals surface area contributed by atoms with Crippen LogP contribution in [0.1, 0.15) is 23.3 Å². The number of thiazole rings is 1. The second kappa shape index (κ2) is 4.69. The van der Waals surface area contributed by atoms with Crippen molar-refractivity contribution in [3.05, 3.63) is 17.3 Å². The largest absolute Gasteiger partial charge is 0.476 e. The molecule has 0 unspecified atom stereocenters. The second-order valence-electron chi connectivity index (χ2n) is 5.28. The van der Waals surface area contributed by atoms with Crippen molar-refractivity contribution < 1.29 is 19.4 Å². The molecule has 8 heteroatoms. The van der Waals surface area contributed by atoms with Gasteiger partial charge in [-0.2, -0.15) is 0 Å². The highest BCUT2D eigenvalue weighted by Crippen LogP contribution is 2.34. The van der Waals surface area contributed by atoms with Crippen LogP contribution in [-0.4, -0.2) is 52.6 Å². The Morgan fingerprint density at radius 3 is 3.00 bits per heavy atom. The number of carbonyl (C=O) groups is 1. The van der Waals surface area contributed by atoms with Gasteiger partial charge in [0, 0.05) is 24.5 Å². The van der Waals surface area contributed by atoms with Gasteiger partial charge in [0.05, 0.1) is 19.8 Å². The molecule has 4 heterocycles. The summed E-state index contributed by atoms with van der Waals surface area (Å²) < 4.78 is 13.1. The average Bonchev–Trinajstić information content (AvgIpc) is 3.13. The summed E-state index contributed by atoms with van der Waals surface area (Å²) in [6.07, 6.45) is 3.47. The highest BCUT2D eigenvalue weighted by molar-refractivity contribution is 7.15. The number of fused-ring (bicyclic) bond motifs is 1. The Hall–Kier alpha value is -1.64. The number of hydrogen-bond acceptors (Lipinski definition) is 6. The number of piperidine rings is 1. The zero-order chi connectivity index (χ0) is 14.4. The molecule has 1 N–H and O–H groups in total. The maximum Gasteiger partial charge on any atom is 0.356 e. The summed E-state index contributed by atoms with van der Waals surface area (Å²) >= 11 is 1.43. The Morgan fingerprint density at radius 1 is 1.43 bits per heavy atom. The van der Waals surface area contributed by atoms with Crippen molar-refractivity contribution in [2.45, 2.75) is 18.6 Å². The molecule has 2 aromatic heterocycles. The minimum absolute atomic E-state index is 0.210. The number of imidazole rings is 1. The molecule has 0 saturated carbocycles. The predicted molar refractivity (Wildman–Crippen MR) is 76.1 cm³/mol. The number of anilines is 1. The minimum atomic E-state index is -0.969. The van der Waals surface area contributed by atoms with E-state index in [0.717, 1.165) is 19.4 Å². The third-order valence-electron chi connectivity index (χ3n) is 3.98.